The largest absolute Gasteiger partial charge is 0.494 e. The molecule has 2 aromatic carbocycles. The molecule has 5 nitrogen and oxygen atoms in total. The molecule has 0 saturated heterocycles. The number of nitrogens with two attached hydrogens (primary N) is 1. The highest BCUT2D eigenvalue weighted by Crippen LogP contribution is 2.16. The lowest BCUT2D eigenvalue weighted by Gasteiger charge is -2.07. The van der Waals surface area contributed by atoms with Gasteiger partial charge in [-0.15, -0.1) is 0 Å². The summed E-state index contributed by atoms with van der Waals surface area (Å²) in [5, 5.41) is 4.07. The summed E-state index contributed by atoms with van der Waals surface area (Å²) in [6.45, 7) is 4.88. The molecule has 0 bridgehead atoms. The molecule has 0 unspecified atom stereocenters. The van der Waals surface area contributed by atoms with Crippen molar-refractivity contribution in [3.63, 3.8) is 0 Å². The first-order chi connectivity index (χ1) is 16.7. The molecule has 0 aliphatic heterocycles. The predicted molar refractivity (Wildman–Crippen MR) is 140 cm³/mol. The van der Waals surface area contributed by atoms with Crippen LogP contribution in [0.3, 0.4) is 0 Å². The summed E-state index contributed by atoms with van der Waals surface area (Å²) in [5.74, 6) is 1.01. The van der Waals surface area contributed by atoms with Gasteiger partial charge in [0.25, 0.3) is 0 Å². The summed E-state index contributed by atoms with van der Waals surface area (Å²) >= 11 is 0. The molecule has 0 aliphatic rings. The minimum absolute atomic E-state index is 0.0914. The molecule has 1 aromatic heterocycles. The number of amides is 1. The van der Waals surface area contributed by atoms with Crippen LogP contribution in [-0.4, -0.2) is 25.6 Å². The third kappa shape index (κ3) is 7.99. The average molecular weight is 461 g/mol. The van der Waals surface area contributed by atoms with Crippen LogP contribution in [0.5, 0.6) is 5.75 Å². The zero-order valence-electron chi connectivity index (χ0n) is 20.3. The first-order valence-electron chi connectivity index (χ1n) is 12.5. The summed E-state index contributed by atoms with van der Waals surface area (Å²) in [6.07, 6.45) is 10.0. The highest BCUT2D eigenvalue weighted by atomic mass is 16.5. The van der Waals surface area contributed by atoms with E-state index in [9.17, 15) is 4.79 Å². The molecule has 34 heavy (non-hydrogen) atoms. The third-order valence-corrected chi connectivity index (χ3v) is 5.82. The lowest BCUT2D eigenvalue weighted by molar-refractivity contribution is -0.673. The lowest BCUT2D eigenvalue weighted by atomic mass is 10.1. The predicted octanol–water partition coefficient (Wildman–Crippen LogP) is 5.11. The van der Waals surface area contributed by atoms with Crippen molar-refractivity contribution in [2.24, 2.45) is 5.73 Å². The summed E-state index contributed by atoms with van der Waals surface area (Å²) in [5.41, 5.74) is 8.98. The molecule has 0 atom stereocenters. The van der Waals surface area contributed by atoms with Crippen LogP contribution < -0.4 is 20.4 Å². The average Bonchev–Trinajstić information content (AvgIpc) is 2.87. The van der Waals surface area contributed by atoms with Crippen molar-refractivity contribution in [3.05, 3.63) is 71.9 Å². The van der Waals surface area contributed by atoms with E-state index >= 15 is 0 Å². The number of aromatic nitrogens is 1. The van der Waals surface area contributed by atoms with Crippen LogP contribution >= 0.6 is 0 Å². The van der Waals surface area contributed by atoms with Gasteiger partial charge in [-0.3, -0.25) is 4.79 Å². The summed E-state index contributed by atoms with van der Waals surface area (Å²) in [4.78, 5) is 11.8. The number of aryl methyl sites for hydroxylation is 1. The number of rotatable bonds is 14. The monoisotopic (exact) mass is 460 g/mol. The van der Waals surface area contributed by atoms with Crippen molar-refractivity contribution in [2.45, 2.75) is 52.0 Å². The van der Waals surface area contributed by atoms with Crippen LogP contribution in [0, 0.1) is 0 Å². The number of hydrogen-bond donors (Lipinski definition) is 2. The van der Waals surface area contributed by atoms with E-state index in [1.54, 1.807) is 0 Å². The zero-order valence-corrected chi connectivity index (χ0v) is 20.3. The van der Waals surface area contributed by atoms with E-state index < -0.39 is 0 Å². The molecule has 5 heteroatoms. The SMILES string of the molecule is CCCCOc1ccc(/C=C/c2ccc3ccccc3[n+]2CCCCCC(=O)NCCN)cc1. The van der Waals surface area contributed by atoms with Crippen molar-refractivity contribution < 1.29 is 14.1 Å². The highest BCUT2D eigenvalue weighted by molar-refractivity contribution is 5.77. The van der Waals surface area contributed by atoms with Crippen LogP contribution in [0.15, 0.2) is 60.7 Å². The van der Waals surface area contributed by atoms with E-state index in [4.69, 9.17) is 10.5 Å². The number of carbonyl (C=O) groups excluding carboxylic acids is 1. The fourth-order valence-corrected chi connectivity index (χ4v) is 3.90. The van der Waals surface area contributed by atoms with Gasteiger partial charge in [0.15, 0.2) is 0 Å². The second-order valence-electron chi connectivity index (χ2n) is 8.52. The van der Waals surface area contributed by atoms with Crippen molar-refractivity contribution >= 4 is 29.0 Å². The minimum atomic E-state index is 0.0914. The zero-order chi connectivity index (χ0) is 24.0. The number of nitrogens with one attached hydrogen (secondary N) is 1. The molecule has 1 amide bonds. The standard InChI is InChI=1S/C29H37N3O2/c1-2-3-23-34-27-18-13-24(14-19-27)12-16-26-17-15-25-9-6-7-10-28(25)32(26)22-8-4-5-11-29(33)31-21-20-30/h6-7,9-10,12-19H,2-5,8,11,20-23,30H2,1H3/p+1/b16-12+. The molecule has 0 saturated carbocycles. The molecule has 0 aliphatic carbocycles. The van der Waals surface area contributed by atoms with Gasteiger partial charge in [-0.1, -0.05) is 37.6 Å². The number of carbonyl (C=O) groups is 1. The Kier molecular flexibility index (Phi) is 10.6. The molecular formula is C29H38N3O2+. The second-order valence-corrected chi connectivity index (χ2v) is 8.52. The number of pyridine rings is 1. The number of para-hydroxylation sites is 1. The van der Waals surface area contributed by atoms with Crippen molar-refractivity contribution in [3.8, 4) is 5.75 Å². The third-order valence-electron chi connectivity index (χ3n) is 5.82. The van der Waals surface area contributed by atoms with E-state index in [2.05, 4.69) is 77.5 Å². The molecule has 0 fully saturated rings. The Bertz CT molecular complexity index is 1060. The Labute approximate surface area is 203 Å². The Hall–Kier alpha value is -3.18. The van der Waals surface area contributed by atoms with Crippen LogP contribution in [-0.2, 0) is 11.3 Å². The second kappa shape index (κ2) is 14.2. The fraction of sp³-hybridized carbons (Fsp3) is 0.379. The summed E-state index contributed by atoms with van der Waals surface area (Å²) in [6, 6.07) is 21.1. The van der Waals surface area contributed by atoms with Crippen molar-refractivity contribution in [1.82, 2.24) is 5.32 Å². The number of nitrogens with zero attached hydrogens (tertiary/aromatic N) is 1. The molecule has 3 aromatic rings. The fourth-order valence-electron chi connectivity index (χ4n) is 3.90. The maximum atomic E-state index is 11.8. The Morgan fingerprint density at radius 3 is 2.59 bits per heavy atom. The quantitative estimate of drug-likeness (QED) is 0.259. The highest BCUT2D eigenvalue weighted by Gasteiger charge is 2.13. The minimum Gasteiger partial charge on any atom is -0.494 e. The number of ether oxygens (including phenoxy) is 1. The summed E-state index contributed by atoms with van der Waals surface area (Å²) in [7, 11) is 0. The molecule has 3 rings (SSSR count). The van der Waals surface area contributed by atoms with Gasteiger partial charge in [-0.2, -0.15) is 4.57 Å². The van der Waals surface area contributed by atoms with Gasteiger partial charge >= 0.3 is 0 Å². The van der Waals surface area contributed by atoms with Gasteiger partial charge in [-0.05, 0) is 55.2 Å². The van der Waals surface area contributed by atoms with Gasteiger partial charge in [0.1, 0.15) is 12.3 Å². The number of hydrogen-bond acceptors (Lipinski definition) is 3. The molecular weight excluding hydrogens is 422 g/mol. The normalized spacial score (nSPS) is 11.2. The van der Waals surface area contributed by atoms with Crippen molar-refractivity contribution in [2.75, 3.05) is 19.7 Å². The van der Waals surface area contributed by atoms with Gasteiger partial charge < -0.3 is 15.8 Å². The smallest absolute Gasteiger partial charge is 0.220 e. The number of fused-ring (bicyclic) bond motifs is 1. The van der Waals surface area contributed by atoms with Gasteiger partial charge in [0.05, 0.1) is 6.61 Å². The van der Waals surface area contributed by atoms with E-state index in [1.165, 1.54) is 16.6 Å². The van der Waals surface area contributed by atoms with E-state index in [-0.39, 0.29) is 5.91 Å². The molecule has 0 radical (unpaired) electrons. The van der Waals surface area contributed by atoms with Gasteiger partial charge in [-0.25, -0.2) is 0 Å². The molecule has 180 valence electrons. The Morgan fingerprint density at radius 2 is 1.79 bits per heavy atom. The van der Waals surface area contributed by atoms with Gasteiger partial charge in [0, 0.05) is 49.5 Å². The Morgan fingerprint density at radius 1 is 0.971 bits per heavy atom. The number of benzene rings is 2. The van der Waals surface area contributed by atoms with Crippen LogP contribution in [0.4, 0.5) is 0 Å². The Balaban J connectivity index is 1.65. The summed E-state index contributed by atoms with van der Waals surface area (Å²) < 4.78 is 8.15. The number of unbranched alkanes of at least 4 members (excludes halogenated alkanes) is 3. The van der Waals surface area contributed by atoms with E-state index in [0.717, 1.165) is 56.6 Å². The van der Waals surface area contributed by atoms with Crippen molar-refractivity contribution in [1.29, 1.82) is 0 Å². The van der Waals surface area contributed by atoms with Crippen LogP contribution in [0.1, 0.15) is 56.7 Å². The molecule has 0 spiro atoms. The van der Waals surface area contributed by atoms with Crippen LogP contribution in [0.2, 0.25) is 0 Å². The lowest BCUT2D eigenvalue weighted by Crippen LogP contribution is -2.38. The molecule has 3 N–H and O–H groups in total. The topological polar surface area (TPSA) is 68.2 Å². The maximum Gasteiger partial charge on any atom is 0.220 e. The van der Waals surface area contributed by atoms with E-state index in [0.29, 0.717) is 19.5 Å². The molecule has 1 heterocycles. The maximum absolute atomic E-state index is 11.8. The first-order valence-corrected chi connectivity index (χ1v) is 12.5. The first kappa shape index (κ1) is 25.4. The van der Waals surface area contributed by atoms with Crippen LogP contribution in [0.25, 0.3) is 23.1 Å². The van der Waals surface area contributed by atoms with Gasteiger partial charge in [0.2, 0.25) is 17.1 Å². The van der Waals surface area contributed by atoms with E-state index in [1.807, 2.05) is 12.1 Å².